The van der Waals surface area contributed by atoms with Gasteiger partial charge in [0.15, 0.2) is 0 Å². The van der Waals surface area contributed by atoms with E-state index in [0.717, 1.165) is 36.3 Å². The van der Waals surface area contributed by atoms with Gasteiger partial charge in [-0.15, -0.1) is 0 Å². The lowest BCUT2D eigenvalue weighted by Gasteiger charge is -2.46. The summed E-state index contributed by atoms with van der Waals surface area (Å²) in [5.41, 5.74) is 3.59. The molecule has 19 heavy (non-hydrogen) atoms. The van der Waals surface area contributed by atoms with E-state index < -0.39 is 0 Å². The van der Waals surface area contributed by atoms with Crippen LogP contribution < -0.4 is 20.7 Å². The Kier molecular flexibility index (Phi) is 4.29. The van der Waals surface area contributed by atoms with Crippen molar-refractivity contribution < 1.29 is 14.2 Å². The molecule has 0 saturated heterocycles. The Morgan fingerprint density at radius 2 is 1.95 bits per heavy atom. The van der Waals surface area contributed by atoms with Crippen LogP contribution in [0.5, 0.6) is 11.5 Å². The molecule has 3 N–H and O–H groups in total. The van der Waals surface area contributed by atoms with Crippen LogP contribution in [0.25, 0.3) is 0 Å². The molecule has 0 aromatic heterocycles. The van der Waals surface area contributed by atoms with E-state index in [1.54, 1.807) is 21.3 Å². The number of rotatable bonds is 6. The quantitative estimate of drug-likeness (QED) is 0.607. The van der Waals surface area contributed by atoms with Gasteiger partial charge in [0.25, 0.3) is 0 Å². The second kappa shape index (κ2) is 5.77. The van der Waals surface area contributed by atoms with Crippen LogP contribution in [0.4, 0.5) is 0 Å². The van der Waals surface area contributed by atoms with Gasteiger partial charge in [0.05, 0.1) is 25.9 Å². The molecular formula is C14H22N2O3. The van der Waals surface area contributed by atoms with Crippen molar-refractivity contribution in [3.63, 3.8) is 0 Å². The fourth-order valence-corrected chi connectivity index (χ4v) is 2.73. The molecule has 0 aliphatic heterocycles. The van der Waals surface area contributed by atoms with E-state index in [4.69, 9.17) is 20.1 Å². The molecular weight excluding hydrogens is 244 g/mol. The third kappa shape index (κ3) is 2.41. The van der Waals surface area contributed by atoms with E-state index in [1.165, 1.54) is 0 Å². The maximum absolute atomic E-state index is 5.76. The van der Waals surface area contributed by atoms with Crippen molar-refractivity contribution in [3.8, 4) is 11.5 Å². The van der Waals surface area contributed by atoms with Crippen molar-refractivity contribution >= 4 is 0 Å². The topological polar surface area (TPSA) is 65.7 Å². The summed E-state index contributed by atoms with van der Waals surface area (Å²) in [6.45, 7) is 0. The lowest BCUT2D eigenvalue weighted by atomic mass is 9.72. The van der Waals surface area contributed by atoms with Crippen LogP contribution in [0.3, 0.4) is 0 Å². The maximum Gasteiger partial charge on any atom is 0.124 e. The number of ether oxygens (including phenoxy) is 3. The standard InChI is InChI=1S/C14H22N2O3/c1-17-10-5-6-12(18-2)11(9-10)13(16-15)14(19-3)7-4-8-14/h5-6,9,13,16H,4,7-8,15H2,1-3H3. The number of nitrogens with two attached hydrogens (primary N) is 1. The first kappa shape index (κ1) is 14.1. The maximum atomic E-state index is 5.76. The first-order chi connectivity index (χ1) is 9.20. The Bertz CT molecular complexity index is 427. The Balaban J connectivity index is 2.41. The molecule has 0 spiro atoms. The van der Waals surface area contributed by atoms with Crippen LogP contribution in [0.15, 0.2) is 18.2 Å². The van der Waals surface area contributed by atoms with Crippen LogP contribution >= 0.6 is 0 Å². The Morgan fingerprint density at radius 1 is 1.21 bits per heavy atom. The van der Waals surface area contributed by atoms with Gasteiger partial charge in [-0.2, -0.15) is 0 Å². The van der Waals surface area contributed by atoms with Crippen molar-refractivity contribution in [2.24, 2.45) is 5.84 Å². The number of hydrogen-bond donors (Lipinski definition) is 2. The molecule has 0 bridgehead atoms. The molecule has 0 radical (unpaired) electrons. The van der Waals surface area contributed by atoms with Gasteiger partial charge in [-0.25, -0.2) is 5.43 Å². The Labute approximate surface area is 114 Å². The molecule has 1 saturated carbocycles. The van der Waals surface area contributed by atoms with Gasteiger partial charge in [0.2, 0.25) is 0 Å². The molecule has 5 nitrogen and oxygen atoms in total. The lowest BCUT2D eigenvalue weighted by molar-refractivity contribution is -0.100. The second-order valence-corrected chi connectivity index (χ2v) is 4.83. The smallest absolute Gasteiger partial charge is 0.124 e. The summed E-state index contributed by atoms with van der Waals surface area (Å²) in [7, 11) is 5.03. The number of methoxy groups -OCH3 is 3. The van der Waals surface area contributed by atoms with Crippen LogP contribution in [-0.4, -0.2) is 26.9 Å². The predicted molar refractivity (Wildman–Crippen MR) is 73.2 cm³/mol. The molecule has 106 valence electrons. The first-order valence-corrected chi connectivity index (χ1v) is 6.44. The highest BCUT2D eigenvalue weighted by atomic mass is 16.5. The van der Waals surface area contributed by atoms with Crippen molar-refractivity contribution in [3.05, 3.63) is 23.8 Å². The van der Waals surface area contributed by atoms with Gasteiger partial charge in [0, 0.05) is 12.7 Å². The molecule has 1 fully saturated rings. The summed E-state index contributed by atoms with van der Waals surface area (Å²) >= 11 is 0. The summed E-state index contributed by atoms with van der Waals surface area (Å²) < 4.78 is 16.4. The predicted octanol–water partition coefficient (Wildman–Crippen LogP) is 1.78. The van der Waals surface area contributed by atoms with Crippen LogP contribution in [0, 0.1) is 0 Å². The van der Waals surface area contributed by atoms with Gasteiger partial charge >= 0.3 is 0 Å². The van der Waals surface area contributed by atoms with E-state index in [-0.39, 0.29) is 11.6 Å². The summed E-state index contributed by atoms with van der Waals surface area (Å²) in [4.78, 5) is 0. The van der Waals surface area contributed by atoms with Crippen LogP contribution in [-0.2, 0) is 4.74 Å². The Hall–Kier alpha value is -1.30. The number of hydrazine groups is 1. The van der Waals surface area contributed by atoms with E-state index in [0.29, 0.717) is 0 Å². The molecule has 1 unspecified atom stereocenters. The highest BCUT2D eigenvalue weighted by molar-refractivity contribution is 5.43. The minimum atomic E-state index is -0.256. The zero-order valence-corrected chi connectivity index (χ0v) is 11.7. The number of benzene rings is 1. The van der Waals surface area contributed by atoms with Crippen LogP contribution in [0.2, 0.25) is 0 Å². The fraction of sp³-hybridized carbons (Fsp3) is 0.571. The summed E-state index contributed by atoms with van der Waals surface area (Å²) in [5.74, 6) is 7.33. The van der Waals surface area contributed by atoms with Crippen molar-refractivity contribution in [1.29, 1.82) is 0 Å². The SMILES string of the molecule is COc1ccc(OC)c(C(NN)C2(OC)CCC2)c1. The Morgan fingerprint density at radius 3 is 2.37 bits per heavy atom. The summed E-state index contributed by atoms with van der Waals surface area (Å²) in [6.07, 6.45) is 3.12. The largest absolute Gasteiger partial charge is 0.497 e. The van der Waals surface area contributed by atoms with Gasteiger partial charge in [-0.3, -0.25) is 5.84 Å². The minimum absolute atomic E-state index is 0.115. The number of hydrogen-bond acceptors (Lipinski definition) is 5. The minimum Gasteiger partial charge on any atom is -0.497 e. The van der Waals surface area contributed by atoms with E-state index in [1.807, 2.05) is 18.2 Å². The molecule has 1 aromatic rings. The second-order valence-electron chi connectivity index (χ2n) is 4.83. The third-order valence-corrected chi connectivity index (χ3v) is 4.05. The molecule has 1 aliphatic rings. The van der Waals surface area contributed by atoms with E-state index in [2.05, 4.69) is 5.43 Å². The van der Waals surface area contributed by atoms with E-state index in [9.17, 15) is 0 Å². The average Bonchev–Trinajstić information content (AvgIpc) is 2.42. The monoisotopic (exact) mass is 266 g/mol. The summed E-state index contributed by atoms with van der Waals surface area (Å²) in [6, 6.07) is 5.59. The van der Waals surface area contributed by atoms with E-state index >= 15 is 0 Å². The zero-order chi connectivity index (χ0) is 13.9. The highest BCUT2D eigenvalue weighted by Crippen LogP contribution is 2.47. The zero-order valence-electron chi connectivity index (χ0n) is 11.7. The fourth-order valence-electron chi connectivity index (χ4n) is 2.73. The lowest BCUT2D eigenvalue weighted by Crippen LogP contribution is -2.52. The normalized spacial score (nSPS) is 18.5. The molecule has 0 amide bonds. The molecule has 1 aromatic carbocycles. The molecule has 5 heteroatoms. The van der Waals surface area contributed by atoms with Crippen molar-refractivity contribution in [2.45, 2.75) is 30.9 Å². The van der Waals surface area contributed by atoms with Gasteiger partial charge in [0.1, 0.15) is 11.5 Å². The van der Waals surface area contributed by atoms with Crippen molar-refractivity contribution in [1.82, 2.24) is 5.43 Å². The summed E-state index contributed by atoms with van der Waals surface area (Å²) in [5, 5.41) is 0. The van der Waals surface area contributed by atoms with Crippen molar-refractivity contribution in [2.75, 3.05) is 21.3 Å². The van der Waals surface area contributed by atoms with Gasteiger partial charge in [-0.05, 0) is 37.5 Å². The molecule has 1 aliphatic carbocycles. The average molecular weight is 266 g/mol. The molecule has 2 rings (SSSR count). The molecule has 0 heterocycles. The third-order valence-electron chi connectivity index (χ3n) is 4.05. The van der Waals surface area contributed by atoms with Gasteiger partial charge in [-0.1, -0.05) is 0 Å². The molecule has 1 atom stereocenters. The first-order valence-electron chi connectivity index (χ1n) is 6.44. The highest BCUT2D eigenvalue weighted by Gasteiger charge is 2.46. The van der Waals surface area contributed by atoms with Crippen LogP contribution in [0.1, 0.15) is 30.9 Å². The number of nitrogens with one attached hydrogen (secondary N) is 1. The van der Waals surface area contributed by atoms with Gasteiger partial charge < -0.3 is 14.2 Å².